The van der Waals surface area contributed by atoms with Crippen LogP contribution in [0.1, 0.15) is 18.4 Å². The molecule has 0 aliphatic heterocycles. The van der Waals surface area contributed by atoms with E-state index in [1.54, 1.807) is 6.07 Å². The Morgan fingerprint density at radius 2 is 2.12 bits per heavy atom. The van der Waals surface area contributed by atoms with Gasteiger partial charge < -0.3 is 15.4 Å². The van der Waals surface area contributed by atoms with Crippen molar-refractivity contribution in [1.82, 2.24) is 4.90 Å². The van der Waals surface area contributed by atoms with Gasteiger partial charge in [0.1, 0.15) is 0 Å². The highest BCUT2D eigenvalue weighted by atomic mass is 19.1. The number of halogens is 1. The highest BCUT2D eigenvalue weighted by molar-refractivity contribution is 5.29. The van der Waals surface area contributed by atoms with Crippen molar-refractivity contribution in [3.8, 4) is 5.75 Å². The lowest BCUT2D eigenvalue weighted by molar-refractivity contribution is 0.318. The Bertz CT molecular complexity index is 344. The fourth-order valence-corrected chi connectivity index (χ4v) is 1.73. The number of methoxy groups -OCH3 is 1. The summed E-state index contributed by atoms with van der Waals surface area (Å²) in [5, 5.41) is 0. The number of hydrogen-bond donors (Lipinski definition) is 1. The van der Waals surface area contributed by atoms with E-state index >= 15 is 0 Å². The van der Waals surface area contributed by atoms with Gasteiger partial charge in [0.2, 0.25) is 0 Å². The van der Waals surface area contributed by atoms with Gasteiger partial charge in [-0.3, -0.25) is 0 Å². The number of benzene rings is 1. The summed E-state index contributed by atoms with van der Waals surface area (Å²) in [5.74, 6) is -0.0140. The van der Waals surface area contributed by atoms with Crippen molar-refractivity contribution in [3.05, 3.63) is 29.6 Å². The molecule has 0 atom stereocenters. The Morgan fingerprint density at radius 1 is 1.35 bits per heavy atom. The van der Waals surface area contributed by atoms with E-state index in [2.05, 4.69) is 4.90 Å². The molecule has 0 aromatic heterocycles. The molecular formula is C13H21FN2O. The van der Waals surface area contributed by atoms with Gasteiger partial charge in [-0.25, -0.2) is 4.39 Å². The summed E-state index contributed by atoms with van der Waals surface area (Å²) < 4.78 is 18.3. The standard InChI is InChI=1S/C13H21FN2O/c1-16(8-4-3-7-15)10-11-5-6-13(17-2)12(14)9-11/h5-6,9H,3-4,7-8,10,15H2,1-2H3. The zero-order chi connectivity index (χ0) is 12.7. The van der Waals surface area contributed by atoms with Crippen LogP contribution in [-0.4, -0.2) is 32.1 Å². The first-order valence-corrected chi connectivity index (χ1v) is 5.88. The van der Waals surface area contributed by atoms with E-state index in [0.29, 0.717) is 5.75 Å². The third-order valence-electron chi connectivity index (χ3n) is 2.66. The topological polar surface area (TPSA) is 38.5 Å². The van der Waals surface area contributed by atoms with E-state index in [0.717, 1.165) is 38.0 Å². The minimum atomic E-state index is -0.305. The van der Waals surface area contributed by atoms with Gasteiger partial charge in [0.15, 0.2) is 11.6 Å². The van der Waals surface area contributed by atoms with Crippen LogP contribution in [0.15, 0.2) is 18.2 Å². The van der Waals surface area contributed by atoms with E-state index in [-0.39, 0.29) is 5.82 Å². The highest BCUT2D eigenvalue weighted by Crippen LogP contribution is 2.18. The lowest BCUT2D eigenvalue weighted by Crippen LogP contribution is -2.19. The van der Waals surface area contributed by atoms with E-state index in [9.17, 15) is 4.39 Å². The van der Waals surface area contributed by atoms with Crippen LogP contribution in [0.2, 0.25) is 0 Å². The molecule has 0 unspecified atom stereocenters. The zero-order valence-electron chi connectivity index (χ0n) is 10.6. The molecule has 0 radical (unpaired) electrons. The molecule has 1 aromatic rings. The average Bonchev–Trinajstić information content (AvgIpc) is 2.29. The predicted molar refractivity (Wildman–Crippen MR) is 67.6 cm³/mol. The van der Waals surface area contributed by atoms with Gasteiger partial charge in [-0.1, -0.05) is 6.07 Å². The van der Waals surface area contributed by atoms with Crippen LogP contribution in [0.3, 0.4) is 0 Å². The third kappa shape index (κ3) is 4.71. The Balaban J connectivity index is 2.48. The van der Waals surface area contributed by atoms with Crippen molar-refractivity contribution in [3.63, 3.8) is 0 Å². The van der Waals surface area contributed by atoms with Gasteiger partial charge in [-0.2, -0.15) is 0 Å². The number of rotatable bonds is 7. The van der Waals surface area contributed by atoms with Crippen molar-refractivity contribution < 1.29 is 9.13 Å². The van der Waals surface area contributed by atoms with Gasteiger partial charge in [0.25, 0.3) is 0 Å². The molecule has 96 valence electrons. The molecule has 0 amide bonds. The van der Waals surface area contributed by atoms with E-state index in [1.807, 2.05) is 13.1 Å². The maximum atomic E-state index is 13.4. The van der Waals surface area contributed by atoms with Crippen LogP contribution in [0, 0.1) is 5.82 Å². The number of hydrogen-bond acceptors (Lipinski definition) is 3. The van der Waals surface area contributed by atoms with E-state index in [1.165, 1.54) is 13.2 Å². The molecule has 1 rings (SSSR count). The van der Waals surface area contributed by atoms with Gasteiger partial charge in [0, 0.05) is 6.54 Å². The van der Waals surface area contributed by atoms with Crippen molar-refractivity contribution in [2.45, 2.75) is 19.4 Å². The van der Waals surface area contributed by atoms with Gasteiger partial charge >= 0.3 is 0 Å². The summed E-state index contributed by atoms with van der Waals surface area (Å²) in [6.07, 6.45) is 2.10. The Hall–Kier alpha value is -1.13. The largest absolute Gasteiger partial charge is 0.494 e. The molecule has 0 bridgehead atoms. The van der Waals surface area contributed by atoms with Crippen molar-refractivity contribution in [2.24, 2.45) is 5.73 Å². The van der Waals surface area contributed by atoms with Crippen LogP contribution in [0.4, 0.5) is 4.39 Å². The molecule has 1 aromatic carbocycles. The fourth-order valence-electron chi connectivity index (χ4n) is 1.73. The Labute approximate surface area is 102 Å². The molecular weight excluding hydrogens is 219 g/mol. The molecule has 2 N–H and O–H groups in total. The summed E-state index contributed by atoms with van der Waals surface area (Å²) in [6.45, 7) is 2.45. The first kappa shape index (κ1) is 13.9. The number of nitrogens with zero attached hydrogens (tertiary/aromatic N) is 1. The average molecular weight is 240 g/mol. The van der Waals surface area contributed by atoms with E-state index in [4.69, 9.17) is 10.5 Å². The second kappa shape index (κ2) is 7.25. The summed E-state index contributed by atoms with van der Waals surface area (Å²) >= 11 is 0. The summed E-state index contributed by atoms with van der Waals surface area (Å²) in [4.78, 5) is 2.16. The third-order valence-corrected chi connectivity index (χ3v) is 2.66. The maximum Gasteiger partial charge on any atom is 0.165 e. The predicted octanol–water partition coefficient (Wildman–Crippen LogP) is 2.00. The second-order valence-corrected chi connectivity index (χ2v) is 4.20. The quantitative estimate of drug-likeness (QED) is 0.741. The SMILES string of the molecule is COc1ccc(CN(C)CCCCN)cc1F. The first-order chi connectivity index (χ1) is 8.17. The van der Waals surface area contributed by atoms with Crippen LogP contribution in [-0.2, 0) is 6.54 Å². The molecule has 0 saturated heterocycles. The lowest BCUT2D eigenvalue weighted by atomic mass is 10.2. The lowest BCUT2D eigenvalue weighted by Gasteiger charge is -2.16. The Kier molecular flexibility index (Phi) is 5.94. The van der Waals surface area contributed by atoms with Gasteiger partial charge in [-0.05, 0) is 50.7 Å². The molecule has 3 nitrogen and oxygen atoms in total. The summed E-state index contributed by atoms with van der Waals surface area (Å²) in [7, 11) is 3.50. The number of unbranched alkanes of at least 4 members (excludes halogenated alkanes) is 1. The molecule has 17 heavy (non-hydrogen) atoms. The molecule has 0 aliphatic carbocycles. The summed E-state index contributed by atoms with van der Waals surface area (Å²) in [6, 6.07) is 5.08. The normalized spacial score (nSPS) is 10.9. The monoisotopic (exact) mass is 240 g/mol. The second-order valence-electron chi connectivity index (χ2n) is 4.20. The van der Waals surface area contributed by atoms with Crippen molar-refractivity contribution in [2.75, 3.05) is 27.2 Å². The highest BCUT2D eigenvalue weighted by Gasteiger charge is 2.05. The fraction of sp³-hybridized carbons (Fsp3) is 0.538. The van der Waals surface area contributed by atoms with Gasteiger partial charge in [0.05, 0.1) is 7.11 Å². The number of ether oxygens (including phenoxy) is 1. The Morgan fingerprint density at radius 3 is 2.71 bits per heavy atom. The molecule has 0 heterocycles. The molecule has 0 fully saturated rings. The van der Waals surface area contributed by atoms with E-state index < -0.39 is 0 Å². The minimum absolute atomic E-state index is 0.291. The van der Waals surface area contributed by atoms with Crippen LogP contribution < -0.4 is 10.5 Å². The van der Waals surface area contributed by atoms with Crippen LogP contribution in [0.25, 0.3) is 0 Å². The van der Waals surface area contributed by atoms with Gasteiger partial charge in [-0.15, -0.1) is 0 Å². The summed E-state index contributed by atoms with van der Waals surface area (Å²) in [5.41, 5.74) is 6.39. The molecule has 0 spiro atoms. The van der Waals surface area contributed by atoms with Crippen LogP contribution >= 0.6 is 0 Å². The maximum absolute atomic E-state index is 13.4. The minimum Gasteiger partial charge on any atom is -0.494 e. The smallest absolute Gasteiger partial charge is 0.165 e. The first-order valence-electron chi connectivity index (χ1n) is 5.88. The van der Waals surface area contributed by atoms with Crippen molar-refractivity contribution in [1.29, 1.82) is 0 Å². The van der Waals surface area contributed by atoms with Crippen LogP contribution in [0.5, 0.6) is 5.75 Å². The number of nitrogens with two attached hydrogens (primary N) is 1. The van der Waals surface area contributed by atoms with Crippen molar-refractivity contribution >= 4 is 0 Å². The molecule has 4 heteroatoms. The molecule has 0 saturated carbocycles. The molecule has 0 aliphatic rings. The zero-order valence-corrected chi connectivity index (χ0v) is 10.6.